The molecule has 3 rings (SSSR count). The number of esters is 1. The largest absolute Gasteiger partial charge is 0.462 e. The first-order valence-corrected chi connectivity index (χ1v) is 6.29. The van der Waals surface area contributed by atoms with Gasteiger partial charge in [-0.15, -0.1) is 0 Å². The first-order valence-electron chi connectivity index (χ1n) is 6.29. The lowest BCUT2D eigenvalue weighted by Gasteiger charge is -2.31. The summed E-state index contributed by atoms with van der Waals surface area (Å²) in [5, 5.41) is 0. The Labute approximate surface area is 91.4 Å². The maximum atomic E-state index is 11.3. The van der Waals surface area contributed by atoms with E-state index in [4.69, 9.17) is 4.74 Å². The van der Waals surface area contributed by atoms with Gasteiger partial charge >= 0.3 is 5.97 Å². The minimum atomic E-state index is -0.123. The van der Waals surface area contributed by atoms with Crippen molar-refractivity contribution < 1.29 is 9.53 Å². The highest BCUT2D eigenvalue weighted by Gasteiger charge is 2.54. The van der Waals surface area contributed by atoms with E-state index in [1.165, 1.54) is 32.1 Å². The van der Waals surface area contributed by atoms with Crippen molar-refractivity contribution in [1.82, 2.24) is 0 Å². The van der Waals surface area contributed by atoms with Gasteiger partial charge < -0.3 is 4.74 Å². The van der Waals surface area contributed by atoms with E-state index in [0.717, 1.165) is 24.2 Å². The van der Waals surface area contributed by atoms with Gasteiger partial charge in [0, 0.05) is 0 Å². The van der Waals surface area contributed by atoms with Crippen molar-refractivity contribution in [2.45, 2.75) is 45.1 Å². The van der Waals surface area contributed by atoms with Crippen molar-refractivity contribution in [3.05, 3.63) is 6.42 Å². The SMILES string of the molecule is C[CH]C(=O)OC1CC2CC1C1CCCC21. The molecule has 5 atom stereocenters. The van der Waals surface area contributed by atoms with E-state index in [9.17, 15) is 4.79 Å². The van der Waals surface area contributed by atoms with E-state index in [0.29, 0.717) is 5.92 Å². The Morgan fingerprint density at radius 3 is 2.80 bits per heavy atom. The van der Waals surface area contributed by atoms with Crippen LogP contribution in [0.25, 0.3) is 0 Å². The molecule has 2 nitrogen and oxygen atoms in total. The Hall–Kier alpha value is -0.530. The van der Waals surface area contributed by atoms with E-state index in [1.54, 1.807) is 6.92 Å². The van der Waals surface area contributed by atoms with Crippen LogP contribution in [-0.4, -0.2) is 12.1 Å². The third-order valence-electron chi connectivity index (χ3n) is 4.87. The molecule has 2 heteroatoms. The standard InChI is InChI=1S/C13H19O2/c1-2-13(14)15-12-7-8-6-11(12)10-5-3-4-9(8)10/h2,8-12H,3-7H2,1H3. The van der Waals surface area contributed by atoms with Crippen LogP contribution in [0, 0.1) is 30.1 Å². The molecule has 0 amide bonds. The summed E-state index contributed by atoms with van der Waals surface area (Å²) in [7, 11) is 0. The number of hydrogen-bond donors (Lipinski definition) is 0. The predicted octanol–water partition coefficient (Wildman–Crippen LogP) is 2.58. The Kier molecular flexibility index (Phi) is 2.26. The summed E-state index contributed by atoms with van der Waals surface area (Å²) < 4.78 is 5.51. The molecular weight excluding hydrogens is 188 g/mol. The first-order chi connectivity index (χ1) is 7.29. The van der Waals surface area contributed by atoms with Crippen LogP contribution < -0.4 is 0 Å². The zero-order valence-corrected chi connectivity index (χ0v) is 9.32. The Bertz CT molecular complexity index is 274. The quantitative estimate of drug-likeness (QED) is 0.650. The molecule has 3 fully saturated rings. The van der Waals surface area contributed by atoms with Gasteiger partial charge in [-0.3, -0.25) is 4.79 Å². The van der Waals surface area contributed by atoms with Crippen LogP contribution in [0.15, 0.2) is 0 Å². The zero-order valence-electron chi connectivity index (χ0n) is 9.32. The molecule has 0 saturated heterocycles. The third-order valence-corrected chi connectivity index (χ3v) is 4.87. The fraction of sp³-hybridized carbons (Fsp3) is 0.846. The molecule has 0 aromatic carbocycles. The number of hydrogen-bond acceptors (Lipinski definition) is 2. The summed E-state index contributed by atoms with van der Waals surface area (Å²) in [6.45, 7) is 1.76. The summed E-state index contributed by atoms with van der Waals surface area (Å²) in [6.07, 6.45) is 8.49. The number of rotatable bonds is 2. The lowest BCUT2D eigenvalue weighted by atomic mass is 9.80. The topological polar surface area (TPSA) is 26.3 Å². The lowest BCUT2D eigenvalue weighted by Crippen LogP contribution is -2.32. The monoisotopic (exact) mass is 207 g/mol. The minimum absolute atomic E-state index is 0.123. The first kappa shape index (κ1) is 9.68. The second-order valence-corrected chi connectivity index (χ2v) is 5.42. The number of carbonyl (C=O) groups excluding carboxylic acids is 1. The van der Waals surface area contributed by atoms with Gasteiger partial charge in [0.05, 0.1) is 6.42 Å². The summed E-state index contributed by atoms with van der Waals surface area (Å²) in [5.41, 5.74) is 0. The highest BCUT2D eigenvalue weighted by Crippen LogP contribution is 2.59. The molecule has 3 aliphatic rings. The molecule has 0 aliphatic heterocycles. The van der Waals surface area contributed by atoms with Gasteiger partial charge in [-0.05, 0) is 49.4 Å². The van der Waals surface area contributed by atoms with Crippen LogP contribution >= 0.6 is 0 Å². The average molecular weight is 207 g/mol. The molecule has 0 N–H and O–H groups in total. The van der Waals surface area contributed by atoms with E-state index in [1.807, 2.05) is 0 Å². The summed E-state index contributed by atoms with van der Waals surface area (Å²) >= 11 is 0. The van der Waals surface area contributed by atoms with Gasteiger partial charge in [-0.25, -0.2) is 0 Å². The fourth-order valence-electron chi connectivity index (χ4n) is 4.36. The van der Waals surface area contributed by atoms with Crippen molar-refractivity contribution in [3.8, 4) is 0 Å². The van der Waals surface area contributed by atoms with Gasteiger partial charge in [-0.2, -0.15) is 0 Å². The van der Waals surface area contributed by atoms with Crippen molar-refractivity contribution in [3.63, 3.8) is 0 Å². The Morgan fingerprint density at radius 1 is 1.20 bits per heavy atom. The number of ether oxygens (including phenoxy) is 1. The molecule has 1 radical (unpaired) electrons. The van der Waals surface area contributed by atoms with E-state index in [2.05, 4.69) is 0 Å². The molecule has 15 heavy (non-hydrogen) atoms. The fourth-order valence-corrected chi connectivity index (χ4v) is 4.36. The molecule has 2 bridgehead atoms. The normalized spacial score (nSPS) is 46.9. The molecule has 0 spiro atoms. The van der Waals surface area contributed by atoms with E-state index < -0.39 is 0 Å². The van der Waals surface area contributed by atoms with Crippen molar-refractivity contribution in [2.75, 3.05) is 0 Å². The molecule has 0 heterocycles. The minimum Gasteiger partial charge on any atom is -0.462 e. The average Bonchev–Trinajstić information content (AvgIpc) is 2.87. The Balaban J connectivity index is 1.68. The lowest BCUT2D eigenvalue weighted by molar-refractivity contribution is -0.148. The second kappa shape index (κ2) is 3.50. The van der Waals surface area contributed by atoms with E-state index >= 15 is 0 Å². The Morgan fingerprint density at radius 2 is 2.00 bits per heavy atom. The molecule has 3 saturated carbocycles. The van der Waals surface area contributed by atoms with Gasteiger partial charge in [0.25, 0.3) is 0 Å². The molecule has 83 valence electrons. The summed E-state index contributed by atoms with van der Waals surface area (Å²) in [4.78, 5) is 11.3. The van der Waals surface area contributed by atoms with Crippen LogP contribution in [0.3, 0.4) is 0 Å². The second-order valence-electron chi connectivity index (χ2n) is 5.42. The van der Waals surface area contributed by atoms with Crippen LogP contribution in [0.5, 0.6) is 0 Å². The number of carbonyl (C=O) groups is 1. The molecule has 5 unspecified atom stereocenters. The van der Waals surface area contributed by atoms with E-state index in [-0.39, 0.29) is 12.1 Å². The zero-order chi connectivity index (χ0) is 10.4. The summed E-state index contributed by atoms with van der Waals surface area (Å²) in [6, 6.07) is 0. The van der Waals surface area contributed by atoms with Crippen LogP contribution in [-0.2, 0) is 9.53 Å². The summed E-state index contributed by atoms with van der Waals surface area (Å²) in [5.74, 6) is 3.32. The van der Waals surface area contributed by atoms with Gasteiger partial charge in [-0.1, -0.05) is 13.3 Å². The van der Waals surface area contributed by atoms with Crippen LogP contribution in [0.4, 0.5) is 0 Å². The highest BCUT2D eigenvalue weighted by molar-refractivity contribution is 5.78. The van der Waals surface area contributed by atoms with Gasteiger partial charge in [0.2, 0.25) is 0 Å². The van der Waals surface area contributed by atoms with Gasteiger partial charge in [0.15, 0.2) is 0 Å². The van der Waals surface area contributed by atoms with Crippen LogP contribution in [0.2, 0.25) is 0 Å². The molecule has 3 aliphatic carbocycles. The van der Waals surface area contributed by atoms with Crippen LogP contribution in [0.1, 0.15) is 39.0 Å². The maximum absolute atomic E-state index is 11.3. The molecular formula is C13H19O2. The van der Waals surface area contributed by atoms with Crippen molar-refractivity contribution >= 4 is 5.97 Å². The molecule has 0 aromatic heterocycles. The van der Waals surface area contributed by atoms with Crippen molar-refractivity contribution in [1.29, 1.82) is 0 Å². The highest BCUT2D eigenvalue weighted by atomic mass is 16.5. The van der Waals surface area contributed by atoms with Gasteiger partial charge in [0.1, 0.15) is 6.10 Å². The number of fused-ring (bicyclic) bond motifs is 5. The van der Waals surface area contributed by atoms with Crippen molar-refractivity contribution in [2.24, 2.45) is 23.7 Å². The maximum Gasteiger partial charge on any atom is 0.309 e. The molecule has 0 aromatic rings. The third kappa shape index (κ3) is 1.41. The predicted molar refractivity (Wildman–Crippen MR) is 56.9 cm³/mol. The smallest absolute Gasteiger partial charge is 0.309 e.